The fraction of sp³-hybridized carbons (Fsp3) is 0.270. The van der Waals surface area contributed by atoms with Crippen LogP contribution in [-0.2, 0) is 16.0 Å². The number of carbonyl (C=O) groups excluding carboxylic acids is 3. The topological polar surface area (TPSA) is 163 Å². The zero-order valence-electron chi connectivity index (χ0n) is 29.4. The van der Waals surface area contributed by atoms with Crippen molar-refractivity contribution in [3.63, 3.8) is 0 Å². The van der Waals surface area contributed by atoms with Crippen molar-refractivity contribution in [2.45, 2.75) is 63.0 Å². The molecule has 0 radical (unpaired) electrons. The van der Waals surface area contributed by atoms with Crippen LogP contribution in [0.4, 0.5) is 52.2 Å². The van der Waals surface area contributed by atoms with Gasteiger partial charge in [-0.25, -0.2) is 45.1 Å². The lowest BCUT2D eigenvalue weighted by molar-refractivity contribution is -0.191. The SMILES string of the molecule is CCc1c(F)ccc(N)c1F.Nc1ccc(F)c(-c2cc3cnc(Cl)cc3n(C3CC(F)(F)C3)c2=O)c1F.O=C=O.O=Cc1cnc(Cl)cc1NC1CC(F)(F)C1. The summed E-state index contributed by atoms with van der Waals surface area (Å²) in [5.74, 6) is -8.71. The molecule has 0 atom stereocenters. The average Bonchev–Trinajstić information content (AvgIpc) is 3.12. The number of nitrogens with one attached hydrogen (secondary N) is 1. The molecule has 2 fully saturated rings. The number of rotatable bonds is 6. The number of benzene rings is 2. The minimum absolute atomic E-state index is 0.00301. The van der Waals surface area contributed by atoms with Crippen LogP contribution in [0.25, 0.3) is 22.0 Å². The van der Waals surface area contributed by atoms with Gasteiger partial charge in [-0.15, -0.1) is 0 Å². The van der Waals surface area contributed by atoms with Crippen molar-refractivity contribution >= 4 is 63.6 Å². The van der Waals surface area contributed by atoms with Gasteiger partial charge in [-0.05, 0) is 48.9 Å². The number of hydrogen-bond donors (Lipinski definition) is 3. The minimum Gasteiger partial charge on any atom is -0.396 e. The van der Waals surface area contributed by atoms with Gasteiger partial charge in [-0.3, -0.25) is 9.59 Å². The van der Waals surface area contributed by atoms with E-state index in [0.717, 1.165) is 16.7 Å². The number of nitrogen functional groups attached to an aromatic ring is 2. The molecule has 3 heterocycles. The Labute approximate surface area is 327 Å². The van der Waals surface area contributed by atoms with Crippen LogP contribution in [0.1, 0.15) is 54.6 Å². The molecule has 0 spiro atoms. The van der Waals surface area contributed by atoms with E-state index in [1.54, 1.807) is 6.92 Å². The van der Waals surface area contributed by atoms with Crippen molar-refractivity contribution in [1.82, 2.24) is 14.5 Å². The molecule has 0 unspecified atom stereocenters. The van der Waals surface area contributed by atoms with Crippen LogP contribution in [0.5, 0.6) is 0 Å². The van der Waals surface area contributed by atoms with Crippen molar-refractivity contribution in [2.24, 2.45) is 0 Å². The van der Waals surface area contributed by atoms with Gasteiger partial charge in [0.05, 0.1) is 33.6 Å². The van der Waals surface area contributed by atoms with Gasteiger partial charge in [-0.2, -0.15) is 9.59 Å². The number of nitrogens with zero attached hydrogens (tertiary/aromatic N) is 3. The lowest BCUT2D eigenvalue weighted by atomic mass is 9.87. The summed E-state index contributed by atoms with van der Waals surface area (Å²) < 4.78 is 108. The van der Waals surface area contributed by atoms with Crippen LogP contribution < -0.4 is 22.3 Å². The highest BCUT2D eigenvalue weighted by molar-refractivity contribution is 6.30. The number of aldehydes is 1. The number of alkyl halides is 4. The van der Waals surface area contributed by atoms with E-state index in [9.17, 15) is 44.7 Å². The minimum atomic E-state index is -2.89. The number of anilines is 3. The molecular weight excluding hydrogens is 815 g/mol. The highest BCUT2D eigenvalue weighted by Gasteiger charge is 2.47. The molecule has 5 aromatic rings. The van der Waals surface area contributed by atoms with E-state index in [1.807, 2.05) is 0 Å². The zero-order valence-corrected chi connectivity index (χ0v) is 30.9. The van der Waals surface area contributed by atoms with Gasteiger partial charge in [0.2, 0.25) is 0 Å². The number of hydrogen-bond acceptors (Lipinski definition) is 9. The molecule has 2 aliphatic carbocycles. The predicted molar refractivity (Wildman–Crippen MR) is 195 cm³/mol. The lowest BCUT2D eigenvalue weighted by Gasteiger charge is -2.37. The first-order chi connectivity index (χ1) is 26.8. The normalized spacial score (nSPS) is 15.2. The van der Waals surface area contributed by atoms with Crippen molar-refractivity contribution in [1.29, 1.82) is 0 Å². The third-order valence-corrected chi connectivity index (χ3v) is 9.17. The van der Waals surface area contributed by atoms with E-state index in [2.05, 4.69) is 15.3 Å². The third-order valence-electron chi connectivity index (χ3n) is 8.76. The maximum absolute atomic E-state index is 14.5. The quantitative estimate of drug-likeness (QED) is 0.0656. The third kappa shape index (κ3) is 10.4. The van der Waals surface area contributed by atoms with Gasteiger partial charge < -0.3 is 21.4 Å². The van der Waals surface area contributed by atoms with Crippen LogP contribution >= 0.6 is 23.2 Å². The Morgan fingerprint density at radius 1 is 0.860 bits per heavy atom. The van der Waals surface area contributed by atoms with Crippen molar-refractivity contribution in [3.05, 3.63) is 110 Å². The summed E-state index contributed by atoms with van der Waals surface area (Å²) in [5.41, 5.74) is 9.79. The van der Waals surface area contributed by atoms with Crippen LogP contribution in [0, 0.1) is 23.3 Å². The fourth-order valence-electron chi connectivity index (χ4n) is 5.96. The van der Waals surface area contributed by atoms with Gasteiger partial charge >= 0.3 is 6.15 Å². The number of halogens is 10. The summed E-state index contributed by atoms with van der Waals surface area (Å²) >= 11 is 11.5. The molecule has 20 heteroatoms. The molecule has 0 amide bonds. The van der Waals surface area contributed by atoms with E-state index >= 15 is 0 Å². The molecule has 5 N–H and O–H groups in total. The Morgan fingerprint density at radius 3 is 1.95 bits per heavy atom. The van der Waals surface area contributed by atoms with Gasteiger partial charge in [0, 0.05) is 66.8 Å². The second-order valence-electron chi connectivity index (χ2n) is 12.7. The van der Waals surface area contributed by atoms with Crippen molar-refractivity contribution in [2.75, 3.05) is 16.8 Å². The standard InChI is InChI=1S/C18H12ClF4N3O.C10H9ClF2N2O.C8H9F2N.CO2/c19-14-4-13-8(7-25-14)3-10(15-11(20)1-2-12(24)16(15)21)17(27)26(13)9-5-18(22,23)6-9;11-9-1-8(6(5-16)4-14-9)15-7-2-10(12,13)3-7;1-2-5-6(9)3-4-7(11)8(5)10;2-1-3/h1-4,7,9H,5-6,24H2;1,4-5,7H,2-3H2,(H,14,15);3-4H,2,11H2,1H3;. The van der Waals surface area contributed by atoms with Crippen LogP contribution in [0.2, 0.25) is 10.3 Å². The summed E-state index contributed by atoms with van der Waals surface area (Å²) in [7, 11) is 0. The monoisotopic (exact) mass is 844 g/mol. The maximum atomic E-state index is 14.5. The van der Waals surface area contributed by atoms with E-state index in [-0.39, 0.29) is 63.4 Å². The Hall–Kier alpha value is -5.58. The number of pyridine rings is 3. The molecule has 7 rings (SSSR count). The summed E-state index contributed by atoms with van der Waals surface area (Å²) in [6.07, 6.45) is 2.28. The van der Waals surface area contributed by atoms with Crippen molar-refractivity contribution in [3.8, 4) is 11.1 Å². The van der Waals surface area contributed by atoms with Crippen LogP contribution in [0.3, 0.4) is 0 Å². The highest BCUT2D eigenvalue weighted by atomic mass is 35.5. The van der Waals surface area contributed by atoms with Crippen LogP contribution in [0.15, 0.2) is 59.7 Å². The largest absolute Gasteiger partial charge is 0.396 e. The van der Waals surface area contributed by atoms with Gasteiger partial charge in [-0.1, -0.05) is 30.1 Å². The summed E-state index contributed by atoms with van der Waals surface area (Å²) in [5, 5.41) is 3.48. The van der Waals surface area contributed by atoms with E-state index in [1.165, 1.54) is 42.7 Å². The lowest BCUT2D eigenvalue weighted by Crippen LogP contribution is -2.44. The second-order valence-corrected chi connectivity index (χ2v) is 13.5. The molecule has 2 aromatic carbocycles. The molecule has 2 saturated carbocycles. The molecule has 0 aliphatic heterocycles. The predicted octanol–water partition coefficient (Wildman–Crippen LogP) is 8.83. The molecule has 10 nitrogen and oxygen atoms in total. The summed E-state index contributed by atoms with van der Waals surface area (Å²) in [4.78, 5) is 47.6. The van der Waals surface area contributed by atoms with E-state index in [4.69, 9.17) is 44.3 Å². The zero-order chi connectivity index (χ0) is 42.4. The fourth-order valence-corrected chi connectivity index (χ4v) is 6.27. The first-order valence-electron chi connectivity index (χ1n) is 16.6. The molecule has 2 aliphatic rings. The van der Waals surface area contributed by atoms with Gasteiger partial charge in [0.1, 0.15) is 21.9 Å². The van der Waals surface area contributed by atoms with Gasteiger partial charge in [0.25, 0.3) is 17.4 Å². The van der Waals surface area contributed by atoms with E-state index < -0.39 is 65.1 Å². The number of carbonyl (C=O) groups is 1. The highest BCUT2D eigenvalue weighted by Crippen LogP contribution is 2.46. The second kappa shape index (κ2) is 18.1. The summed E-state index contributed by atoms with van der Waals surface area (Å²) in [6, 6.07) is 7.34. The molecule has 57 heavy (non-hydrogen) atoms. The number of nitrogens with two attached hydrogens (primary N) is 2. The number of aromatic nitrogens is 3. The molecular formula is C37H30Cl2F8N6O4. The smallest absolute Gasteiger partial charge is 0.373 e. The number of fused-ring (bicyclic) bond motifs is 1. The molecule has 0 bridgehead atoms. The summed E-state index contributed by atoms with van der Waals surface area (Å²) in [6.45, 7) is 1.68. The molecule has 0 saturated heterocycles. The Balaban J connectivity index is 0.000000203. The first kappa shape index (κ1) is 44.1. The van der Waals surface area contributed by atoms with Crippen LogP contribution in [-0.4, -0.2) is 44.9 Å². The molecule has 3 aromatic heterocycles. The average molecular weight is 846 g/mol. The Morgan fingerprint density at radius 2 is 1.40 bits per heavy atom. The molecule has 302 valence electrons. The Kier molecular flexibility index (Phi) is 14.0. The Bertz CT molecular complexity index is 2380. The first-order valence-corrected chi connectivity index (χ1v) is 17.3. The van der Waals surface area contributed by atoms with Crippen molar-refractivity contribution < 1.29 is 49.5 Å². The van der Waals surface area contributed by atoms with Gasteiger partial charge in [0.15, 0.2) is 17.9 Å². The van der Waals surface area contributed by atoms with E-state index in [0.29, 0.717) is 29.3 Å². The maximum Gasteiger partial charge on any atom is 0.373 e.